The van der Waals surface area contributed by atoms with E-state index in [1.54, 1.807) is 32.6 Å². The highest BCUT2D eigenvalue weighted by Crippen LogP contribution is 2.29. The largest absolute Gasteiger partial charge is 0.444 e. The van der Waals surface area contributed by atoms with Gasteiger partial charge in [-0.05, 0) is 84.8 Å². The molecule has 2 N–H and O–H groups in total. The molecule has 1 aromatic carbocycles. The molecular formula is C29H49N3O4. The van der Waals surface area contributed by atoms with Crippen LogP contribution in [0, 0.1) is 12.8 Å². The Bertz CT molecular complexity index is 862. The van der Waals surface area contributed by atoms with Gasteiger partial charge >= 0.3 is 6.09 Å². The summed E-state index contributed by atoms with van der Waals surface area (Å²) in [4.78, 5) is 41.8. The average molecular weight is 504 g/mol. The van der Waals surface area contributed by atoms with Crippen molar-refractivity contribution in [2.75, 3.05) is 0 Å². The van der Waals surface area contributed by atoms with Crippen molar-refractivity contribution in [2.24, 2.45) is 5.92 Å². The SMILES string of the molecule is CCCC(C)NC(=O)C(c1ccccc1C)N(C(=O)C(C)NC(=O)OC(C)(C)C)C(C)CCC(C)C. The van der Waals surface area contributed by atoms with Crippen molar-refractivity contribution in [2.45, 2.75) is 125 Å². The standard InChI is InChI=1S/C29H49N3O4/c1-11-14-21(5)30-26(33)25(24-16-13-12-15-20(24)4)32(22(6)18-17-19(2)3)27(34)23(7)31-28(35)36-29(8,9)10/h12-13,15-16,19,21-23,25H,11,14,17-18H2,1-10H3,(H,30,33)(H,31,35). The first-order chi connectivity index (χ1) is 16.7. The van der Waals surface area contributed by atoms with Crippen LogP contribution in [-0.2, 0) is 14.3 Å². The zero-order chi connectivity index (χ0) is 27.6. The number of nitrogens with zero attached hydrogens (tertiary/aromatic N) is 1. The van der Waals surface area contributed by atoms with E-state index in [0.717, 1.165) is 36.8 Å². The summed E-state index contributed by atoms with van der Waals surface area (Å²) < 4.78 is 5.37. The molecule has 0 spiro atoms. The molecule has 4 unspecified atom stereocenters. The molecule has 7 heteroatoms. The molecule has 4 atom stereocenters. The van der Waals surface area contributed by atoms with Gasteiger partial charge in [0.1, 0.15) is 17.7 Å². The summed E-state index contributed by atoms with van der Waals surface area (Å²) in [5.41, 5.74) is 1.03. The fourth-order valence-corrected chi connectivity index (χ4v) is 4.22. The highest BCUT2D eigenvalue weighted by Gasteiger charge is 2.38. The van der Waals surface area contributed by atoms with Crippen LogP contribution in [-0.4, -0.2) is 46.5 Å². The van der Waals surface area contributed by atoms with Gasteiger partial charge in [-0.15, -0.1) is 0 Å². The van der Waals surface area contributed by atoms with Crippen molar-refractivity contribution < 1.29 is 19.1 Å². The van der Waals surface area contributed by atoms with Gasteiger partial charge in [0.15, 0.2) is 0 Å². The van der Waals surface area contributed by atoms with E-state index in [1.807, 2.05) is 45.0 Å². The monoisotopic (exact) mass is 503 g/mol. The van der Waals surface area contributed by atoms with E-state index in [0.29, 0.717) is 5.92 Å². The Morgan fingerprint density at radius 2 is 1.56 bits per heavy atom. The van der Waals surface area contributed by atoms with Crippen molar-refractivity contribution >= 4 is 17.9 Å². The van der Waals surface area contributed by atoms with Crippen molar-refractivity contribution in [3.8, 4) is 0 Å². The van der Waals surface area contributed by atoms with E-state index in [1.165, 1.54) is 0 Å². The Labute approximate surface area is 218 Å². The minimum atomic E-state index is -0.867. The van der Waals surface area contributed by atoms with Gasteiger partial charge in [-0.1, -0.05) is 51.5 Å². The van der Waals surface area contributed by atoms with Gasteiger partial charge in [0.25, 0.3) is 0 Å². The minimum Gasteiger partial charge on any atom is -0.444 e. The molecule has 0 aliphatic rings. The van der Waals surface area contributed by atoms with E-state index in [4.69, 9.17) is 4.74 Å². The molecule has 0 saturated carbocycles. The Kier molecular flexibility index (Phi) is 12.4. The normalized spacial score (nSPS) is 15.0. The molecule has 1 rings (SSSR count). The number of ether oxygens (including phenoxy) is 1. The number of nitrogens with one attached hydrogen (secondary N) is 2. The van der Waals surface area contributed by atoms with E-state index in [9.17, 15) is 14.4 Å². The topological polar surface area (TPSA) is 87.7 Å². The Morgan fingerprint density at radius 1 is 0.944 bits per heavy atom. The predicted molar refractivity (Wildman–Crippen MR) is 146 cm³/mol. The lowest BCUT2D eigenvalue weighted by Crippen LogP contribution is -2.55. The second kappa shape index (κ2) is 14.2. The lowest BCUT2D eigenvalue weighted by molar-refractivity contribution is -0.145. The number of alkyl carbamates (subject to hydrolysis) is 1. The predicted octanol–water partition coefficient (Wildman–Crippen LogP) is 5.91. The summed E-state index contributed by atoms with van der Waals surface area (Å²) in [5.74, 6) is -0.0693. The molecular weight excluding hydrogens is 454 g/mol. The lowest BCUT2D eigenvalue weighted by Gasteiger charge is -2.39. The van der Waals surface area contributed by atoms with Gasteiger partial charge in [-0.3, -0.25) is 9.59 Å². The fourth-order valence-electron chi connectivity index (χ4n) is 4.22. The van der Waals surface area contributed by atoms with Crippen LogP contribution in [0.4, 0.5) is 4.79 Å². The molecule has 0 aliphatic heterocycles. The van der Waals surface area contributed by atoms with Gasteiger partial charge in [-0.25, -0.2) is 4.79 Å². The van der Waals surface area contributed by atoms with Crippen LogP contribution >= 0.6 is 0 Å². The molecule has 3 amide bonds. The van der Waals surface area contributed by atoms with E-state index < -0.39 is 23.8 Å². The van der Waals surface area contributed by atoms with Crippen LogP contribution < -0.4 is 10.6 Å². The van der Waals surface area contributed by atoms with Gasteiger partial charge < -0.3 is 20.3 Å². The minimum absolute atomic E-state index is 0.0192. The number of carbonyl (C=O) groups excluding carboxylic acids is 3. The summed E-state index contributed by atoms with van der Waals surface area (Å²) in [6, 6.07) is 5.75. The maximum Gasteiger partial charge on any atom is 0.408 e. The molecule has 1 aromatic rings. The summed E-state index contributed by atoms with van der Waals surface area (Å²) in [5, 5.41) is 5.80. The third-order valence-corrected chi connectivity index (χ3v) is 6.11. The first-order valence-electron chi connectivity index (χ1n) is 13.3. The number of hydrogen-bond donors (Lipinski definition) is 2. The molecule has 0 fully saturated rings. The van der Waals surface area contributed by atoms with Crippen molar-refractivity contribution in [1.82, 2.24) is 15.5 Å². The second-order valence-electron chi connectivity index (χ2n) is 11.4. The second-order valence-corrected chi connectivity index (χ2v) is 11.4. The van der Waals surface area contributed by atoms with Gasteiger partial charge in [0, 0.05) is 12.1 Å². The molecule has 36 heavy (non-hydrogen) atoms. The molecule has 7 nitrogen and oxygen atoms in total. The van der Waals surface area contributed by atoms with Crippen molar-refractivity contribution in [3.63, 3.8) is 0 Å². The van der Waals surface area contributed by atoms with Crippen LogP contribution in [0.15, 0.2) is 24.3 Å². The number of amides is 3. The van der Waals surface area contributed by atoms with Crippen LogP contribution in [0.3, 0.4) is 0 Å². The highest BCUT2D eigenvalue weighted by molar-refractivity contribution is 5.92. The number of carbonyl (C=O) groups is 3. The maximum atomic E-state index is 13.9. The van der Waals surface area contributed by atoms with Crippen molar-refractivity contribution in [1.29, 1.82) is 0 Å². The van der Waals surface area contributed by atoms with Gasteiger partial charge in [-0.2, -0.15) is 0 Å². The summed E-state index contributed by atoms with van der Waals surface area (Å²) in [6.07, 6.45) is 2.78. The summed E-state index contributed by atoms with van der Waals surface area (Å²) >= 11 is 0. The van der Waals surface area contributed by atoms with E-state index in [2.05, 4.69) is 31.4 Å². The van der Waals surface area contributed by atoms with Crippen LogP contribution in [0.2, 0.25) is 0 Å². The zero-order valence-electron chi connectivity index (χ0n) is 24.1. The first-order valence-corrected chi connectivity index (χ1v) is 13.3. The molecule has 0 aromatic heterocycles. The Hall–Kier alpha value is -2.57. The van der Waals surface area contributed by atoms with E-state index in [-0.39, 0.29) is 23.9 Å². The fraction of sp³-hybridized carbons (Fsp3) is 0.690. The van der Waals surface area contributed by atoms with Crippen molar-refractivity contribution in [3.05, 3.63) is 35.4 Å². The van der Waals surface area contributed by atoms with Crippen LogP contribution in [0.25, 0.3) is 0 Å². The highest BCUT2D eigenvalue weighted by atomic mass is 16.6. The third-order valence-electron chi connectivity index (χ3n) is 6.11. The Balaban J connectivity index is 3.47. The van der Waals surface area contributed by atoms with Gasteiger partial charge in [0.2, 0.25) is 11.8 Å². The molecule has 0 bridgehead atoms. The molecule has 0 heterocycles. The lowest BCUT2D eigenvalue weighted by atomic mass is 9.94. The number of aryl methyl sites for hydroxylation is 1. The molecule has 204 valence electrons. The quantitative estimate of drug-likeness (QED) is 0.371. The smallest absolute Gasteiger partial charge is 0.408 e. The van der Waals surface area contributed by atoms with E-state index >= 15 is 0 Å². The number of hydrogen-bond acceptors (Lipinski definition) is 4. The van der Waals surface area contributed by atoms with Gasteiger partial charge in [0.05, 0.1) is 0 Å². The summed E-state index contributed by atoms with van der Waals surface area (Å²) in [7, 11) is 0. The maximum absolute atomic E-state index is 13.9. The van der Waals surface area contributed by atoms with Crippen LogP contribution in [0.1, 0.15) is 105 Å². The summed E-state index contributed by atoms with van der Waals surface area (Å²) in [6.45, 7) is 19.2. The zero-order valence-corrected chi connectivity index (χ0v) is 24.1. The third kappa shape index (κ3) is 10.2. The number of benzene rings is 1. The molecule has 0 radical (unpaired) electrons. The molecule has 0 aliphatic carbocycles. The average Bonchev–Trinajstić information content (AvgIpc) is 2.74. The number of rotatable bonds is 12. The first kappa shape index (κ1) is 31.5. The molecule has 0 saturated heterocycles. The Morgan fingerprint density at radius 3 is 2.08 bits per heavy atom. The van der Waals surface area contributed by atoms with Crippen LogP contribution in [0.5, 0.6) is 0 Å².